The molecule has 0 aliphatic carbocycles. The van der Waals surface area contributed by atoms with E-state index >= 15 is 0 Å². The van der Waals surface area contributed by atoms with Gasteiger partial charge in [0, 0.05) is 5.69 Å². The van der Waals surface area contributed by atoms with E-state index in [0.717, 1.165) is 16.8 Å². The molecule has 1 aliphatic heterocycles. The van der Waals surface area contributed by atoms with E-state index in [1.54, 1.807) is 0 Å². The zero-order valence-electron chi connectivity index (χ0n) is 11.2. The first-order valence-electron chi connectivity index (χ1n) is 6.47. The lowest BCUT2D eigenvalue weighted by molar-refractivity contribution is -0.115. The molecule has 2 aromatic rings. The Morgan fingerprint density at radius 2 is 2.29 bits per heavy atom. The first-order chi connectivity index (χ1) is 10.0. The molecule has 6 nitrogen and oxygen atoms in total. The fourth-order valence-electron chi connectivity index (χ4n) is 2.30. The highest BCUT2D eigenvalue weighted by Crippen LogP contribution is 2.26. The summed E-state index contributed by atoms with van der Waals surface area (Å²) in [5.74, 6) is -0.234. The normalized spacial score (nSPS) is 14.5. The predicted molar refractivity (Wildman–Crippen MR) is 80.9 cm³/mol. The number of carbonyl (C=O) groups excluding carboxylic acids is 2. The molecular weight excluding hydrogens is 336 g/mol. The van der Waals surface area contributed by atoms with Crippen molar-refractivity contribution in [3.63, 3.8) is 0 Å². The number of nitrogens with one attached hydrogen (secondary N) is 3. The molecule has 3 N–H and O–H groups in total. The summed E-state index contributed by atoms with van der Waals surface area (Å²) in [5, 5.41) is 12.1. The summed E-state index contributed by atoms with van der Waals surface area (Å²) in [7, 11) is 0. The van der Waals surface area contributed by atoms with Gasteiger partial charge in [-0.2, -0.15) is 5.10 Å². The molecule has 1 aromatic heterocycles. The Morgan fingerprint density at radius 3 is 3.00 bits per heavy atom. The third-order valence-corrected chi connectivity index (χ3v) is 4.02. The maximum atomic E-state index is 12.1. The van der Waals surface area contributed by atoms with Crippen LogP contribution in [0.25, 0.3) is 0 Å². The van der Waals surface area contributed by atoms with E-state index in [2.05, 4.69) is 36.8 Å². The van der Waals surface area contributed by atoms with Gasteiger partial charge in [0.15, 0.2) is 0 Å². The molecule has 1 atom stereocenters. The summed E-state index contributed by atoms with van der Waals surface area (Å²) in [6, 6.07) is 5.54. The van der Waals surface area contributed by atoms with Crippen molar-refractivity contribution >= 4 is 33.4 Å². The molecule has 0 radical (unpaired) electrons. The molecule has 0 bridgehead atoms. The van der Waals surface area contributed by atoms with E-state index < -0.39 is 0 Å². The number of aromatic amines is 1. The summed E-state index contributed by atoms with van der Waals surface area (Å²) in [6.45, 7) is 1.90. The monoisotopic (exact) mass is 348 g/mol. The molecular formula is C14H13BrN4O2. The van der Waals surface area contributed by atoms with Crippen LogP contribution in [0.15, 0.2) is 28.9 Å². The van der Waals surface area contributed by atoms with E-state index in [4.69, 9.17) is 0 Å². The molecule has 1 aromatic carbocycles. The molecule has 21 heavy (non-hydrogen) atoms. The second-order valence-electron chi connectivity index (χ2n) is 4.93. The van der Waals surface area contributed by atoms with Gasteiger partial charge in [0.2, 0.25) is 5.91 Å². The Hall–Kier alpha value is -2.15. The van der Waals surface area contributed by atoms with E-state index in [1.807, 2.05) is 25.1 Å². The maximum Gasteiger partial charge on any atom is 0.270 e. The number of benzene rings is 1. The van der Waals surface area contributed by atoms with Gasteiger partial charge < -0.3 is 10.6 Å². The molecule has 7 heteroatoms. The van der Waals surface area contributed by atoms with Gasteiger partial charge in [-0.25, -0.2) is 0 Å². The predicted octanol–water partition coefficient (Wildman–Crippen LogP) is 2.16. The topological polar surface area (TPSA) is 86.9 Å². The fourth-order valence-corrected chi connectivity index (χ4v) is 2.67. The van der Waals surface area contributed by atoms with Gasteiger partial charge in [0.05, 0.1) is 23.1 Å². The Balaban J connectivity index is 1.76. The van der Waals surface area contributed by atoms with Crippen LogP contribution in [0.3, 0.4) is 0 Å². The van der Waals surface area contributed by atoms with Crippen LogP contribution in [-0.4, -0.2) is 22.0 Å². The van der Waals surface area contributed by atoms with Crippen molar-refractivity contribution in [3.8, 4) is 0 Å². The van der Waals surface area contributed by atoms with Crippen LogP contribution in [0.5, 0.6) is 0 Å². The van der Waals surface area contributed by atoms with Crippen LogP contribution < -0.4 is 10.6 Å². The summed E-state index contributed by atoms with van der Waals surface area (Å²) in [5.41, 5.74) is 3.15. The fraction of sp³-hybridized carbons (Fsp3) is 0.214. The summed E-state index contributed by atoms with van der Waals surface area (Å²) in [4.78, 5) is 23.5. The zero-order valence-corrected chi connectivity index (χ0v) is 12.8. The Bertz CT molecular complexity index is 726. The summed E-state index contributed by atoms with van der Waals surface area (Å²) < 4.78 is 0.621. The molecule has 0 saturated carbocycles. The first-order valence-corrected chi connectivity index (χ1v) is 7.26. The van der Waals surface area contributed by atoms with Crippen LogP contribution in [0.1, 0.15) is 34.6 Å². The molecule has 2 heterocycles. The van der Waals surface area contributed by atoms with Crippen molar-refractivity contribution in [2.45, 2.75) is 19.4 Å². The van der Waals surface area contributed by atoms with Crippen molar-refractivity contribution in [1.29, 1.82) is 0 Å². The summed E-state index contributed by atoms with van der Waals surface area (Å²) >= 11 is 3.26. The third-order valence-electron chi connectivity index (χ3n) is 3.42. The Morgan fingerprint density at radius 1 is 1.48 bits per heavy atom. The molecule has 0 fully saturated rings. The number of H-pyrrole nitrogens is 1. The highest BCUT2D eigenvalue weighted by Gasteiger charge is 2.20. The summed E-state index contributed by atoms with van der Waals surface area (Å²) in [6.07, 6.45) is 1.92. The van der Waals surface area contributed by atoms with E-state index in [0.29, 0.717) is 16.6 Å². The van der Waals surface area contributed by atoms with Gasteiger partial charge in [-0.3, -0.25) is 14.7 Å². The minimum absolute atomic E-state index is 0.000212. The van der Waals surface area contributed by atoms with Crippen molar-refractivity contribution in [1.82, 2.24) is 15.5 Å². The standard InChI is InChI=1S/C14H13BrN4O2/c1-7(17-14(21)13-10(15)6-16-19-13)8-2-3-11-9(4-8)5-12(20)18-11/h2-4,6-7H,5H2,1H3,(H,16,19)(H,17,21)(H,18,20)/t7-/m1/s1. The number of amides is 2. The number of hydrogen-bond donors (Lipinski definition) is 3. The Kier molecular flexibility index (Phi) is 3.50. The van der Waals surface area contributed by atoms with E-state index in [1.165, 1.54) is 6.20 Å². The quantitative estimate of drug-likeness (QED) is 0.794. The SMILES string of the molecule is C[C@@H](NC(=O)c1[nH]ncc1Br)c1ccc2c(c1)CC(=O)N2. The number of carbonyl (C=O) groups is 2. The lowest BCUT2D eigenvalue weighted by Crippen LogP contribution is -2.27. The number of hydrogen-bond acceptors (Lipinski definition) is 3. The molecule has 3 rings (SSSR count). The largest absolute Gasteiger partial charge is 0.344 e. The second-order valence-corrected chi connectivity index (χ2v) is 5.78. The number of halogens is 1. The molecule has 0 unspecified atom stereocenters. The zero-order chi connectivity index (χ0) is 15.0. The smallest absolute Gasteiger partial charge is 0.270 e. The average Bonchev–Trinajstić information content (AvgIpc) is 3.02. The highest BCUT2D eigenvalue weighted by atomic mass is 79.9. The van der Waals surface area contributed by atoms with Gasteiger partial charge in [0.1, 0.15) is 5.69 Å². The molecule has 0 saturated heterocycles. The van der Waals surface area contributed by atoms with Crippen LogP contribution in [0.2, 0.25) is 0 Å². The first kappa shape index (κ1) is 13.8. The van der Waals surface area contributed by atoms with Crippen LogP contribution in [0, 0.1) is 0 Å². The Labute approximate surface area is 129 Å². The highest BCUT2D eigenvalue weighted by molar-refractivity contribution is 9.10. The lowest BCUT2D eigenvalue weighted by Gasteiger charge is -2.15. The minimum atomic E-state index is -0.235. The van der Waals surface area contributed by atoms with E-state index in [-0.39, 0.29) is 17.9 Å². The maximum absolute atomic E-state index is 12.1. The average molecular weight is 349 g/mol. The molecule has 108 valence electrons. The number of nitrogens with zero attached hydrogens (tertiary/aromatic N) is 1. The number of rotatable bonds is 3. The van der Waals surface area contributed by atoms with Crippen molar-refractivity contribution in [2.75, 3.05) is 5.32 Å². The van der Waals surface area contributed by atoms with E-state index in [9.17, 15) is 9.59 Å². The molecule has 1 aliphatic rings. The van der Waals surface area contributed by atoms with Crippen molar-refractivity contribution in [2.24, 2.45) is 0 Å². The van der Waals surface area contributed by atoms with Crippen molar-refractivity contribution < 1.29 is 9.59 Å². The number of anilines is 1. The van der Waals surface area contributed by atoms with Gasteiger partial charge in [0.25, 0.3) is 5.91 Å². The van der Waals surface area contributed by atoms with Crippen LogP contribution >= 0.6 is 15.9 Å². The van der Waals surface area contributed by atoms with Crippen LogP contribution in [0.4, 0.5) is 5.69 Å². The second kappa shape index (κ2) is 5.33. The molecule has 2 amide bonds. The van der Waals surface area contributed by atoms with Gasteiger partial charge in [-0.1, -0.05) is 12.1 Å². The lowest BCUT2D eigenvalue weighted by atomic mass is 10.0. The number of aromatic nitrogens is 2. The van der Waals surface area contributed by atoms with Crippen LogP contribution in [-0.2, 0) is 11.2 Å². The number of fused-ring (bicyclic) bond motifs is 1. The van der Waals surface area contributed by atoms with Gasteiger partial charge in [-0.15, -0.1) is 0 Å². The minimum Gasteiger partial charge on any atom is -0.344 e. The van der Waals surface area contributed by atoms with Gasteiger partial charge >= 0.3 is 0 Å². The van der Waals surface area contributed by atoms with Crippen molar-refractivity contribution in [3.05, 3.63) is 45.7 Å². The third kappa shape index (κ3) is 2.69. The molecule has 0 spiro atoms. The van der Waals surface area contributed by atoms with Gasteiger partial charge in [-0.05, 0) is 40.0 Å².